The predicted molar refractivity (Wildman–Crippen MR) is 92.7 cm³/mol. The van der Waals surface area contributed by atoms with E-state index >= 15 is 0 Å². The van der Waals surface area contributed by atoms with Crippen LogP contribution in [0.25, 0.3) is 0 Å². The molecule has 1 aliphatic rings. The molecule has 8 heteroatoms. The Balaban J connectivity index is 1.87. The maximum atomic E-state index is 12.3. The van der Waals surface area contributed by atoms with Crippen molar-refractivity contribution in [1.29, 1.82) is 0 Å². The van der Waals surface area contributed by atoms with E-state index in [-0.39, 0.29) is 24.0 Å². The highest BCUT2D eigenvalue weighted by atomic mass is 19.3. The number of amides is 1. The van der Waals surface area contributed by atoms with Crippen molar-refractivity contribution in [2.24, 2.45) is 17.0 Å². The summed E-state index contributed by atoms with van der Waals surface area (Å²) in [4.78, 5) is 19.0. The monoisotopic (exact) mass is 370 g/mol. The lowest BCUT2D eigenvalue weighted by atomic mass is 9.92. The number of rotatable bonds is 7. The number of alkyl halides is 2. The van der Waals surface area contributed by atoms with Crippen molar-refractivity contribution < 1.29 is 27.9 Å². The first-order chi connectivity index (χ1) is 12.4. The smallest absolute Gasteiger partial charge is 0.387 e. The molecule has 1 amide bonds. The lowest BCUT2D eigenvalue weighted by Gasteiger charge is -2.34. The van der Waals surface area contributed by atoms with Crippen molar-refractivity contribution in [3.63, 3.8) is 0 Å². The van der Waals surface area contributed by atoms with Gasteiger partial charge in [0.1, 0.15) is 0 Å². The number of ether oxygens (including phenoxy) is 2. The minimum absolute atomic E-state index is 0.0657. The molecular weight excluding hydrogens is 346 g/mol. The molecule has 0 bridgehead atoms. The number of methoxy groups -OCH3 is 1. The van der Waals surface area contributed by atoms with Crippen molar-refractivity contribution in [2.75, 3.05) is 26.8 Å². The second-order valence-electron chi connectivity index (χ2n) is 6.54. The van der Waals surface area contributed by atoms with Crippen LogP contribution in [0.5, 0.6) is 11.5 Å². The van der Waals surface area contributed by atoms with Gasteiger partial charge in [-0.15, -0.1) is 0 Å². The summed E-state index contributed by atoms with van der Waals surface area (Å²) in [6, 6.07) is 4.37. The summed E-state index contributed by atoms with van der Waals surface area (Å²) < 4.78 is 34.0. The van der Waals surface area contributed by atoms with Gasteiger partial charge in [0.05, 0.1) is 13.3 Å². The fraction of sp³-hybridized carbons (Fsp3) is 0.556. The molecule has 0 N–H and O–H groups in total. The van der Waals surface area contributed by atoms with Gasteiger partial charge in [-0.1, -0.05) is 19.0 Å². The van der Waals surface area contributed by atoms with E-state index in [1.807, 2.05) is 0 Å². The summed E-state index contributed by atoms with van der Waals surface area (Å²) >= 11 is 0. The molecule has 0 aromatic heterocycles. The predicted octanol–water partition coefficient (Wildman–Crippen LogP) is 3.15. The van der Waals surface area contributed by atoms with Crippen LogP contribution in [0.15, 0.2) is 23.4 Å². The number of hydrogen-bond acceptors (Lipinski definition) is 5. The Labute approximate surface area is 151 Å². The number of oxime groups is 1. The first-order valence-electron chi connectivity index (χ1n) is 8.45. The molecule has 0 saturated carbocycles. The molecule has 1 aromatic carbocycles. The molecule has 26 heavy (non-hydrogen) atoms. The molecule has 0 spiro atoms. The van der Waals surface area contributed by atoms with Gasteiger partial charge in [-0.25, -0.2) is 0 Å². The number of carbonyl (C=O) groups excluding carboxylic acids is 1. The number of halogens is 2. The molecule has 0 radical (unpaired) electrons. The van der Waals surface area contributed by atoms with Crippen LogP contribution < -0.4 is 9.47 Å². The summed E-state index contributed by atoms with van der Waals surface area (Å²) in [7, 11) is 1.35. The molecule has 1 saturated heterocycles. The van der Waals surface area contributed by atoms with Gasteiger partial charge in [0.15, 0.2) is 18.1 Å². The van der Waals surface area contributed by atoms with Gasteiger partial charge in [0.25, 0.3) is 5.91 Å². The van der Waals surface area contributed by atoms with Crippen LogP contribution in [0.1, 0.15) is 25.8 Å². The Morgan fingerprint density at radius 2 is 2.00 bits per heavy atom. The maximum Gasteiger partial charge on any atom is 0.387 e. The molecule has 1 heterocycles. The fourth-order valence-corrected chi connectivity index (χ4v) is 3.11. The summed E-state index contributed by atoms with van der Waals surface area (Å²) in [5, 5.41) is 3.76. The van der Waals surface area contributed by atoms with Crippen molar-refractivity contribution in [1.82, 2.24) is 4.90 Å². The molecule has 6 nitrogen and oxygen atoms in total. The number of piperidine rings is 1. The highest BCUT2D eigenvalue weighted by molar-refractivity contribution is 5.81. The maximum absolute atomic E-state index is 12.3. The van der Waals surface area contributed by atoms with Crippen molar-refractivity contribution >= 4 is 12.1 Å². The van der Waals surface area contributed by atoms with Crippen LogP contribution >= 0.6 is 0 Å². The largest absolute Gasteiger partial charge is 0.493 e. The number of carbonyl (C=O) groups is 1. The fourth-order valence-electron chi connectivity index (χ4n) is 3.11. The second kappa shape index (κ2) is 9.35. The quantitative estimate of drug-likeness (QED) is 0.546. The Kier molecular flexibility index (Phi) is 7.17. The Morgan fingerprint density at radius 3 is 2.62 bits per heavy atom. The third-order valence-corrected chi connectivity index (χ3v) is 4.09. The molecule has 2 rings (SSSR count). The van der Waals surface area contributed by atoms with Gasteiger partial charge in [-0.2, -0.15) is 8.78 Å². The van der Waals surface area contributed by atoms with E-state index in [1.165, 1.54) is 31.5 Å². The minimum Gasteiger partial charge on any atom is -0.493 e. The molecule has 1 fully saturated rings. The van der Waals surface area contributed by atoms with E-state index in [4.69, 9.17) is 9.57 Å². The standard InChI is InChI=1S/C18H24F2N2O4/c1-12-6-13(2)10-22(9-12)17(23)11-25-21-8-14-4-5-15(26-18(19)20)16(7-14)24-3/h4-5,7-8,12-13,18H,6,9-11H2,1-3H3. The van der Waals surface area contributed by atoms with E-state index in [2.05, 4.69) is 23.7 Å². The molecule has 2 atom stereocenters. The SMILES string of the molecule is COc1cc(C=NOCC(=O)N2CC(C)CC(C)C2)ccc1OC(F)F. The average Bonchev–Trinajstić information content (AvgIpc) is 2.58. The number of nitrogens with zero attached hydrogens (tertiary/aromatic N) is 2. The number of hydrogen-bond donors (Lipinski definition) is 0. The van der Waals surface area contributed by atoms with Crippen molar-refractivity contribution in [2.45, 2.75) is 26.9 Å². The molecule has 0 aliphatic carbocycles. The van der Waals surface area contributed by atoms with E-state index < -0.39 is 6.61 Å². The Bertz CT molecular complexity index is 630. The van der Waals surface area contributed by atoms with E-state index in [9.17, 15) is 13.6 Å². The zero-order valence-corrected chi connectivity index (χ0v) is 15.2. The van der Waals surface area contributed by atoms with E-state index in [1.54, 1.807) is 4.90 Å². The Morgan fingerprint density at radius 1 is 1.31 bits per heavy atom. The van der Waals surface area contributed by atoms with Gasteiger partial charge >= 0.3 is 6.61 Å². The van der Waals surface area contributed by atoms with Crippen LogP contribution in [0.2, 0.25) is 0 Å². The molecule has 1 aromatic rings. The summed E-state index contributed by atoms with van der Waals surface area (Å²) in [5.41, 5.74) is 0.566. The van der Waals surface area contributed by atoms with E-state index in [0.29, 0.717) is 17.4 Å². The van der Waals surface area contributed by atoms with Crippen LogP contribution in [0.3, 0.4) is 0 Å². The summed E-state index contributed by atoms with van der Waals surface area (Å²) in [6.07, 6.45) is 2.50. The lowest BCUT2D eigenvalue weighted by Crippen LogP contribution is -2.44. The lowest BCUT2D eigenvalue weighted by molar-refractivity contribution is -0.138. The van der Waals surface area contributed by atoms with Crippen LogP contribution in [-0.2, 0) is 9.63 Å². The third-order valence-electron chi connectivity index (χ3n) is 4.09. The second-order valence-corrected chi connectivity index (χ2v) is 6.54. The highest BCUT2D eigenvalue weighted by Crippen LogP contribution is 2.29. The van der Waals surface area contributed by atoms with Gasteiger partial charge in [0, 0.05) is 18.7 Å². The normalized spacial score (nSPS) is 20.5. The molecule has 2 unspecified atom stereocenters. The minimum atomic E-state index is -2.93. The number of benzene rings is 1. The molecule has 144 valence electrons. The van der Waals surface area contributed by atoms with Gasteiger partial charge in [-0.05, 0) is 36.5 Å². The van der Waals surface area contributed by atoms with Gasteiger partial charge in [-0.3, -0.25) is 4.79 Å². The van der Waals surface area contributed by atoms with Crippen LogP contribution in [0, 0.1) is 11.8 Å². The molecule has 1 aliphatic heterocycles. The first kappa shape index (κ1) is 19.9. The highest BCUT2D eigenvalue weighted by Gasteiger charge is 2.25. The summed E-state index contributed by atoms with van der Waals surface area (Å²) in [6.45, 7) is 2.66. The number of likely N-dealkylation sites (tertiary alicyclic amines) is 1. The van der Waals surface area contributed by atoms with Crippen molar-refractivity contribution in [3.8, 4) is 11.5 Å². The van der Waals surface area contributed by atoms with Crippen LogP contribution in [-0.4, -0.2) is 50.4 Å². The zero-order chi connectivity index (χ0) is 19.1. The van der Waals surface area contributed by atoms with Gasteiger partial charge in [0.2, 0.25) is 0 Å². The van der Waals surface area contributed by atoms with Crippen LogP contribution in [0.4, 0.5) is 8.78 Å². The average molecular weight is 370 g/mol. The zero-order valence-electron chi connectivity index (χ0n) is 15.2. The topological polar surface area (TPSA) is 60.4 Å². The Hall–Kier alpha value is -2.38. The molecular formula is C18H24F2N2O4. The summed E-state index contributed by atoms with van der Waals surface area (Å²) in [5.74, 6) is 0.949. The van der Waals surface area contributed by atoms with E-state index in [0.717, 1.165) is 19.5 Å². The van der Waals surface area contributed by atoms with Gasteiger partial charge < -0.3 is 19.2 Å². The third kappa shape index (κ3) is 5.86. The first-order valence-corrected chi connectivity index (χ1v) is 8.45. The van der Waals surface area contributed by atoms with Crippen molar-refractivity contribution in [3.05, 3.63) is 23.8 Å².